The smallest absolute Gasteiger partial charge is 0.334 e. The lowest BCUT2D eigenvalue weighted by molar-refractivity contribution is -0.140. The van der Waals surface area contributed by atoms with Crippen molar-refractivity contribution in [1.29, 1.82) is 0 Å². The number of rotatable bonds is 1. The first-order valence-corrected chi connectivity index (χ1v) is 4.40. The van der Waals surface area contributed by atoms with Gasteiger partial charge in [-0.25, -0.2) is 4.79 Å². The second-order valence-electron chi connectivity index (χ2n) is 3.42. The van der Waals surface area contributed by atoms with Crippen LogP contribution in [0.5, 0.6) is 0 Å². The van der Waals surface area contributed by atoms with Gasteiger partial charge in [0.1, 0.15) is 6.10 Å². The Morgan fingerprint density at radius 2 is 2.50 bits per heavy atom. The van der Waals surface area contributed by atoms with Crippen LogP contribution in [0.2, 0.25) is 0 Å². The normalized spacial score (nSPS) is 35.1. The average Bonchev–Trinajstić information content (AvgIpc) is 2.61. The van der Waals surface area contributed by atoms with Gasteiger partial charge in [0.05, 0.1) is 0 Å². The van der Waals surface area contributed by atoms with E-state index in [1.807, 2.05) is 6.08 Å². The topological polar surface area (TPSA) is 38.3 Å². The van der Waals surface area contributed by atoms with Crippen LogP contribution in [0, 0.1) is 0 Å². The number of hydrogen-bond acceptors (Lipinski definition) is 3. The summed E-state index contributed by atoms with van der Waals surface area (Å²) < 4.78 is 5.16. The molecular formula is C9H13NO2. The summed E-state index contributed by atoms with van der Waals surface area (Å²) >= 11 is 0. The summed E-state index contributed by atoms with van der Waals surface area (Å²) in [6, 6.07) is 0.353. The molecule has 0 spiro atoms. The Morgan fingerprint density at radius 3 is 3.00 bits per heavy atom. The molecular weight excluding hydrogens is 154 g/mol. The fourth-order valence-corrected chi connectivity index (χ4v) is 1.76. The van der Waals surface area contributed by atoms with Crippen molar-refractivity contribution >= 4 is 5.97 Å². The largest absolute Gasteiger partial charge is 0.453 e. The van der Waals surface area contributed by atoms with E-state index in [1.54, 1.807) is 6.92 Å². The summed E-state index contributed by atoms with van der Waals surface area (Å²) in [4.78, 5) is 11.0. The molecule has 12 heavy (non-hydrogen) atoms. The van der Waals surface area contributed by atoms with Crippen molar-refractivity contribution in [2.75, 3.05) is 6.54 Å². The molecule has 3 nitrogen and oxygen atoms in total. The summed E-state index contributed by atoms with van der Waals surface area (Å²) in [5.41, 5.74) is 0.744. The van der Waals surface area contributed by atoms with E-state index in [2.05, 4.69) is 5.32 Å². The van der Waals surface area contributed by atoms with Crippen LogP contribution in [0.4, 0.5) is 0 Å². The molecule has 0 amide bonds. The highest BCUT2D eigenvalue weighted by atomic mass is 16.5. The zero-order chi connectivity index (χ0) is 8.55. The number of cyclic esters (lactones) is 1. The van der Waals surface area contributed by atoms with Crippen molar-refractivity contribution in [2.24, 2.45) is 0 Å². The van der Waals surface area contributed by atoms with E-state index in [0.29, 0.717) is 6.04 Å². The number of carbonyl (C=O) groups is 1. The minimum atomic E-state index is -0.159. The molecule has 2 heterocycles. The molecule has 0 unspecified atom stereocenters. The van der Waals surface area contributed by atoms with Gasteiger partial charge >= 0.3 is 5.97 Å². The first-order valence-electron chi connectivity index (χ1n) is 4.40. The molecule has 0 aromatic carbocycles. The molecule has 1 N–H and O–H groups in total. The minimum Gasteiger partial charge on any atom is -0.453 e. The van der Waals surface area contributed by atoms with Crippen LogP contribution in [0.3, 0.4) is 0 Å². The molecule has 2 aliphatic rings. The zero-order valence-corrected chi connectivity index (χ0v) is 7.17. The van der Waals surface area contributed by atoms with Gasteiger partial charge in [0, 0.05) is 11.6 Å². The summed E-state index contributed by atoms with van der Waals surface area (Å²) in [5, 5.41) is 3.32. The summed E-state index contributed by atoms with van der Waals surface area (Å²) in [7, 11) is 0. The van der Waals surface area contributed by atoms with Crippen molar-refractivity contribution in [3.63, 3.8) is 0 Å². The standard InChI is InChI=1S/C9H13NO2/c1-6-5-8(12-9(6)11)7-3-2-4-10-7/h5,7-8,10H,2-4H2,1H3/t7-,8+/m0/s1. The molecule has 2 rings (SSSR count). The molecule has 66 valence electrons. The number of ether oxygens (including phenoxy) is 1. The van der Waals surface area contributed by atoms with Gasteiger partial charge in [0.2, 0.25) is 0 Å². The summed E-state index contributed by atoms with van der Waals surface area (Å²) in [5.74, 6) is -0.159. The molecule has 0 aromatic rings. The molecule has 2 aliphatic heterocycles. The second kappa shape index (κ2) is 2.90. The van der Waals surface area contributed by atoms with E-state index in [0.717, 1.165) is 18.5 Å². The predicted octanol–water partition coefficient (Wildman–Crippen LogP) is 0.610. The highest BCUT2D eigenvalue weighted by molar-refractivity contribution is 5.90. The molecule has 3 heteroatoms. The lowest BCUT2D eigenvalue weighted by atomic mass is 10.1. The van der Waals surface area contributed by atoms with Gasteiger partial charge in [-0.3, -0.25) is 0 Å². The Labute approximate surface area is 71.8 Å². The number of nitrogens with one attached hydrogen (secondary N) is 1. The SMILES string of the molecule is CC1=C[C@H]([C@@H]2CCCN2)OC1=O. The molecule has 0 radical (unpaired) electrons. The van der Waals surface area contributed by atoms with Crippen LogP contribution in [0.1, 0.15) is 19.8 Å². The Hall–Kier alpha value is -0.830. The highest BCUT2D eigenvalue weighted by Crippen LogP contribution is 2.20. The lowest BCUT2D eigenvalue weighted by Crippen LogP contribution is -2.34. The molecule has 2 atom stereocenters. The number of hydrogen-bond donors (Lipinski definition) is 1. The third-order valence-electron chi connectivity index (χ3n) is 2.47. The molecule has 1 fully saturated rings. The van der Waals surface area contributed by atoms with Crippen LogP contribution < -0.4 is 5.32 Å². The predicted molar refractivity (Wildman–Crippen MR) is 44.7 cm³/mol. The van der Waals surface area contributed by atoms with Crippen LogP contribution >= 0.6 is 0 Å². The Bertz CT molecular complexity index is 229. The van der Waals surface area contributed by atoms with Crippen molar-refractivity contribution in [3.8, 4) is 0 Å². The Balaban J connectivity index is 2.02. The fraction of sp³-hybridized carbons (Fsp3) is 0.667. The zero-order valence-electron chi connectivity index (χ0n) is 7.17. The fourth-order valence-electron chi connectivity index (χ4n) is 1.76. The molecule has 0 aliphatic carbocycles. The Morgan fingerprint density at radius 1 is 1.67 bits per heavy atom. The van der Waals surface area contributed by atoms with Gasteiger partial charge in [-0.15, -0.1) is 0 Å². The third-order valence-corrected chi connectivity index (χ3v) is 2.47. The first-order chi connectivity index (χ1) is 5.77. The highest BCUT2D eigenvalue weighted by Gasteiger charge is 2.31. The second-order valence-corrected chi connectivity index (χ2v) is 3.42. The van der Waals surface area contributed by atoms with Gasteiger partial charge in [-0.2, -0.15) is 0 Å². The lowest BCUT2D eigenvalue weighted by Gasteiger charge is -2.15. The molecule has 1 saturated heterocycles. The van der Waals surface area contributed by atoms with Crippen molar-refractivity contribution in [3.05, 3.63) is 11.6 Å². The van der Waals surface area contributed by atoms with Gasteiger partial charge in [0.15, 0.2) is 0 Å². The van der Waals surface area contributed by atoms with E-state index in [-0.39, 0.29) is 12.1 Å². The Kier molecular flexibility index (Phi) is 1.89. The van der Waals surface area contributed by atoms with Gasteiger partial charge < -0.3 is 10.1 Å². The van der Waals surface area contributed by atoms with Gasteiger partial charge in [-0.05, 0) is 32.4 Å². The van der Waals surface area contributed by atoms with E-state index >= 15 is 0 Å². The van der Waals surface area contributed by atoms with Crippen molar-refractivity contribution in [2.45, 2.75) is 31.9 Å². The maximum absolute atomic E-state index is 11.0. The number of carbonyl (C=O) groups excluding carboxylic acids is 1. The third kappa shape index (κ3) is 1.25. The van der Waals surface area contributed by atoms with Crippen molar-refractivity contribution < 1.29 is 9.53 Å². The maximum Gasteiger partial charge on any atom is 0.334 e. The minimum absolute atomic E-state index is 0.0139. The van der Waals surface area contributed by atoms with Crippen LogP contribution in [-0.4, -0.2) is 24.7 Å². The molecule has 0 saturated carbocycles. The average molecular weight is 167 g/mol. The monoisotopic (exact) mass is 167 g/mol. The van der Waals surface area contributed by atoms with E-state index in [1.165, 1.54) is 6.42 Å². The van der Waals surface area contributed by atoms with Crippen LogP contribution in [-0.2, 0) is 9.53 Å². The molecule has 0 aromatic heterocycles. The van der Waals surface area contributed by atoms with Crippen LogP contribution in [0.25, 0.3) is 0 Å². The number of esters is 1. The first kappa shape index (κ1) is 7.80. The molecule has 0 bridgehead atoms. The quantitative estimate of drug-likeness (QED) is 0.581. The maximum atomic E-state index is 11.0. The van der Waals surface area contributed by atoms with E-state index in [9.17, 15) is 4.79 Å². The van der Waals surface area contributed by atoms with E-state index in [4.69, 9.17) is 4.74 Å². The van der Waals surface area contributed by atoms with Crippen molar-refractivity contribution in [1.82, 2.24) is 5.32 Å². The summed E-state index contributed by atoms with van der Waals surface area (Å²) in [6.45, 7) is 2.85. The van der Waals surface area contributed by atoms with E-state index < -0.39 is 0 Å². The summed E-state index contributed by atoms with van der Waals surface area (Å²) in [6.07, 6.45) is 4.21. The van der Waals surface area contributed by atoms with Gasteiger partial charge in [0.25, 0.3) is 0 Å². The van der Waals surface area contributed by atoms with Gasteiger partial charge in [-0.1, -0.05) is 0 Å². The van der Waals surface area contributed by atoms with Crippen LogP contribution in [0.15, 0.2) is 11.6 Å².